The van der Waals surface area contributed by atoms with E-state index < -0.39 is 5.91 Å². The van der Waals surface area contributed by atoms with Crippen LogP contribution >= 0.6 is 46.1 Å². The Balaban J connectivity index is 2.02. The molecular formula is C17H15Cl3N4O2S. The highest BCUT2D eigenvalue weighted by molar-refractivity contribution is 7.20. The molecule has 0 aliphatic heterocycles. The van der Waals surface area contributed by atoms with Crippen molar-refractivity contribution >= 4 is 68.0 Å². The second kappa shape index (κ2) is 7.77. The molecule has 1 amide bonds. The molecule has 27 heavy (non-hydrogen) atoms. The zero-order valence-electron chi connectivity index (χ0n) is 14.6. The van der Waals surface area contributed by atoms with E-state index in [1.54, 1.807) is 6.92 Å². The van der Waals surface area contributed by atoms with E-state index in [9.17, 15) is 9.59 Å². The van der Waals surface area contributed by atoms with Gasteiger partial charge in [-0.3, -0.25) is 9.59 Å². The van der Waals surface area contributed by atoms with E-state index in [0.717, 1.165) is 11.3 Å². The summed E-state index contributed by atoms with van der Waals surface area (Å²) in [4.78, 5) is 35.2. The molecule has 0 atom stereocenters. The monoisotopic (exact) mass is 444 g/mol. The second-order valence-corrected chi connectivity index (χ2v) is 8.44. The quantitative estimate of drug-likeness (QED) is 0.617. The van der Waals surface area contributed by atoms with E-state index in [4.69, 9.17) is 34.8 Å². The molecular weight excluding hydrogens is 431 g/mol. The predicted molar refractivity (Wildman–Crippen MR) is 112 cm³/mol. The number of benzene rings is 1. The molecule has 0 unspecified atom stereocenters. The Kier molecular flexibility index (Phi) is 5.79. The van der Waals surface area contributed by atoms with Gasteiger partial charge in [-0.15, -0.1) is 11.3 Å². The molecule has 0 saturated heterocycles. The van der Waals surface area contributed by atoms with Crippen molar-refractivity contribution < 1.29 is 4.79 Å². The van der Waals surface area contributed by atoms with Gasteiger partial charge in [-0.25, -0.2) is 4.98 Å². The summed E-state index contributed by atoms with van der Waals surface area (Å²) < 4.78 is 0. The minimum absolute atomic E-state index is 0.226. The Morgan fingerprint density at radius 1 is 1.26 bits per heavy atom. The molecule has 3 aromatic rings. The van der Waals surface area contributed by atoms with Crippen molar-refractivity contribution in [1.82, 2.24) is 14.9 Å². The number of nitrogens with one attached hydrogen (secondary N) is 2. The number of H-pyrrole nitrogens is 1. The summed E-state index contributed by atoms with van der Waals surface area (Å²) in [7, 11) is 3.75. The molecule has 3 rings (SSSR count). The number of amides is 1. The standard InChI is InChI=1S/C17H15Cl3N4O2S/c1-7-12-15(25)21-11(6-24(2)3)22-17(12)27-14(7)16(26)23-13-9(19)4-8(18)5-10(13)20/h4-5H,6H2,1-3H3,(H,23,26)(H,21,22,25). The van der Waals surface area contributed by atoms with Crippen molar-refractivity contribution in [2.24, 2.45) is 0 Å². The number of nitrogens with zero attached hydrogens (tertiary/aromatic N) is 2. The Hall–Kier alpha value is -1.64. The van der Waals surface area contributed by atoms with Crippen LogP contribution in [0.15, 0.2) is 16.9 Å². The molecule has 142 valence electrons. The molecule has 0 spiro atoms. The number of carbonyl (C=O) groups is 1. The molecule has 0 bridgehead atoms. The summed E-state index contributed by atoms with van der Waals surface area (Å²) in [5.41, 5.74) is 0.547. The normalized spacial score (nSPS) is 11.4. The van der Waals surface area contributed by atoms with Gasteiger partial charge in [-0.05, 0) is 38.7 Å². The number of anilines is 1. The van der Waals surface area contributed by atoms with Gasteiger partial charge in [0, 0.05) is 5.02 Å². The summed E-state index contributed by atoms with van der Waals surface area (Å²) in [6.45, 7) is 2.20. The summed E-state index contributed by atoms with van der Waals surface area (Å²) in [5, 5.41) is 3.91. The lowest BCUT2D eigenvalue weighted by molar-refractivity contribution is 0.103. The number of hydrogen-bond donors (Lipinski definition) is 2. The van der Waals surface area contributed by atoms with Gasteiger partial charge in [0.1, 0.15) is 10.7 Å². The molecule has 0 radical (unpaired) electrons. The maximum absolute atomic E-state index is 12.8. The highest BCUT2D eigenvalue weighted by atomic mass is 35.5. The number of carbonyl (C=O) groups excluding carboxylic acids is 1. The average molecular weight is 446 g/mol. The zero-order valence-corrected chi connectivity index (χ0v) is 17.7. The first-order valence-corrected chi connectivity index (χ1v) is 9.75. The van der Waals surface area contributed by atoms with E-state index in [1.165, 1.54) is 12.1 Å². The molecule has 6 nitrogen and oxygen atoms in total. The van der Waals surface area contributed by atoms with Gasteiger partial charge < -0.3 is 15.2 Å². The van der Waals surface area contributed by atoms with Gasteiger partial charge in [-0.2, -0.15) is 0 Å². The van der Waals surface area contributed by atoms with Gasteiger partial charge in [0.15, 0.2) is 0 Å². The summed E-state index contributed by atoms with van der Waals surface area (Å²) in [6.07, 6.45) is 0. The van der Waals surface area contributed by atoms with Gasteiger partial charge in [0.25, 0.3) is 11.5 Å². The predicted octanol–water partition coefficient (Wildman–Crippen LogP) is 4.57. The largest absolute Gasteiger partial charge is 0.319 e. The van der Waals surface area contributed by atoms with E-state index in [2.05, 4.69) is 15.3 Å². The van der Waals surface area contributed by atoms with Crippen LogP contribution in [0.1, 0.15) is 21.1 Å². The SMILES string of the molecule is Cc1c(C(=O)Nc2c(Cl)cc(Cl)cc2Cl)sc2nc(CN(C)C)[nH]c(=O)c12. The minimum Gasteiger partial charge on any atom is -0.319 e. The summed E-state index contributed by atoms with van der Waals surface area (Å²) in [5.74, 6) is 0.115. The Morgan fingerprint density at radius 3 is 2.48 bits per heavy atom. The average Bonchev–Trinajstić information content (AvgIpc) is 2.87. The van der Waals surface area contributed by atoms with Crippen LogP contribution in [-0.2, 0) is 6.54 Å². The van der Waals surface area contributed by atoms with Gasteiger partial charge in [0.05, 0.1) is 32.5 Å². The molecule has 1 aromatic carbocycles. The molecule has 0 fully saturated rings. The first-order chi connectivity index (χ1) is 12.7. The maximum atomic E-state index is 12.8. The zero-order chi connectivity index (χ0) is 19.9. The smallest absolute Gasteiger partial charge is 0.266 e. The Morgan fingerprint density at radius 2 is 1.89 bits per heavy atom. The van der Waals surface area contributed by atoms with Crippen molar-refractivity contribution in [3.05, 3.63) is 53.8 Å². The molecule has 10 heteroatoms. The van der Waals surface area contributed by atoms with Gasteiger partial charge >= 0.3 is 0 Å². The number of aromatic amines is 1. The van der Waals surface area contributed by atoms with Crippen molar-refractivity contribution in [3.63, 3.8) is 0 Å². The lowest BCUT2D eigenvalue weighted by atomic mass is 10.2. The van der Waals surface area contributed by atoms with Crippen LogP contribution in [0.3, 0.4) is 0 Å². The van der Waals surface area contributed by atoms with Gasteiger partial charge in [-0.1, -0.05) is 34.8 Å². The van der Waals surface area contributed by atoms with Crippen LogP contribution in [-0.4, -0.2) is 34.9 Å². The first-order valence-electron chi connectivity index (χ1n) is 7.80. The van der Waals surface area contributed by atoms with E-state index in [0.29, 0.717) is 38.0 Å². The molecule has 0 saturated carbocycles. The number of hydrogen-bond acceptors (Lipinski definition) is 5. The summed E-state index contributed by atoms with van der Waals surface area (Å²) in [6, 6.07) is 2.98. The Labute approximate surface area is 174 Å². The van der Waals surface area contributed by atoms with Crippen LogP contribution in [0.25, 0.3) is 10.2 Å². The third-order valence-electron chi connectivity index (χ3n) is 3.77. The third-order valence-corrected chi connectivity index (χ3v) is 5.77. The molecule has 0 aliphatic rings. The minimum atomic E-state index is -0.421. The Bertz CT molecular complexity index is 1080. The molecule has 2 N–H and O–H groups in total. The van der Waals surface area contributed by atoms with Crippen molar-refractivity contribution in [2.75, 3.05) is 19.4 Å². The fourth-order valence-electron chi connectivity index (χ4n) is 2.61. The van der Waals surface area contributed by atoms with Crippen LogP contribution in [0, 0.1) is 6.92 Å². The van der Waals surface area contributed by atoms with Crippen LogP contribution in [0.5, 0.6) is 0 Å². The number of rotatable bonds is 4. The summed E-state index contributed by atoms with van der Waals surface area (Å²) >= 11 is 19.3. The van der Waals surface area contributed by atoms with Crippen molar-refractivity contribution in [1.29, 1.82) is 0 Å². The lowest BCUT2D eigenvalue weighted by Gasteiger charge is -2.09. The van der Waals surface area contributed by atoms with E-state index in [1.807, 2.05) is 19.0 Å². The fourth-order valence-corrected chi connectivity index (χ4v) is 4.62. The van der Waals surface area contributed by atoms with Crippen LogP contribution in [0.2, 0.25) is 15.1 Å². The fraction of sp³-hybridized carbons (Fsp3) is 0.235. The highest BCUT2D eigenvalue weighted by Crippen LogP contribution is 2.35. The second-order valence-electron chi connectivity index (χ2n) is 6.19. The number of thiophene rings is 1. The van der Waals surface area contributed by atoms with E-state index in [-0.39, 0.29) is 21.3 Å². The molecule has 2 aromatic heterocycles. The van der Waals surface area contributed by atoms with Crippen LogP contribution in [0.4, 0.5) is 5.69 Å². The number of halogens is 3. The van der Waals surface area contributed by atoms with Crippen LogP contribution < -0.4 is 10.9 Å². The maximum Gasteiger partial charge on any atom is 0.266 e. The van der Waals surface area contributed by atoms with E-state index >= 15 is 0 Å². The lowest BCUT2D eigenvalue weighted by Crippen LogP contribution is -2.18. The number of aromatic nitrogens is 2. The van der Waals surface area contributed by atoms with Gasteiger partial charge in [0.2, 0.25) is 0 Å². The molecule has 2 heterocycles. The highest BCUT2D eigenvalue weighted by Gasteiger charge is 2.21. The first kappa shape index (κ1) is 20.1. The number of fused-ring (bicyclic) bond motifs is 1. The molecule has 0 aliphatic carbocycles. The van der Waals surface area contributed by atoms with Crippen molar-refractivity contribution in [2.45, 2.75) is 13.5 Å². The third kappa shape index (κ3) is 4.12. The van der Waals surface area contributed by atoms with Crippen molar-refractivity contribution in [3.8, 4) is 0 Å². The topological polar surface area (TPSA) is 78.1 Å². The number of aryl methyl sites for hydroxylation is 1.